The molecule has 0 saturated carbocycles. The molecule has 0 heterocycles. The van der Waals surface area contributed by atoms with E-state index in [1.165, 1.54) is 24.3 Å². The van der Waals surface area contributed by atoms with Crippen molar-refractivity contribution in [2.24, 2.45) is 0 Å². The molecule has 1 N–H and O–H groups in total. The molecule has 0 bridgehead atoms. The summed E-state index contributed by atoms with van der Waals surface area (Å²) in [4.78, 5) is 28.0. The maximum absolute atomic E-state index is 12.2. The highest BCUT2D eigenvalue weighted by atomic mass is 16.3. The monoisotopic (exact) mass is 340 g/mol. The van der Waals surface area contributed by atoms with E-state index in [9.17, 15) is 14.7 Å². The Morgan fingerprint density at radius 3 is 1.56 bits per heavy atom. The van der Waals surface area contributed by atoms with Gasteiger partial charge < -0.3 is 14.9 Å². The maximum atomic E-state index is 12.2. The molecule has 5 heteroatoms. The van der Waals surface area contributed by atoms with Gasteiger partial charge in [0.15, 0.2) is 11.6 Å². The van der Waals surface area contributed by atoms with Crippen molar-refractivity contribution in [2.75, 3.05) is 28.2 Å². The molecule has 0 aromatic heterocycles. The van der Waals surface area contributed by atoms with Crippen molar-refractivity contribution in [3.63, 3.8) is 0 Å². The molecular formula is C20H24N2O3. The Balaban J connectivity index is 2.94. The predicted octanol–water partition coefficient (Wildman–Crippen LogP) is 3.02. The number of para-hydroxylation sites is 1. The van der Waals surface area contributed by atoms with Crippen molar-refractivity contribution in [3.05, 3.63) is 78.2 Å². The molecule has 0 saturated heterocycles. The smallest absolute Gasteiger partial charge is 0.189 e. The second-order valence-electron chi connectivity index (χ2n) is 5.76. The van der Waals surface area contributed by atoms with E-state index in [0.29, 0.717) is 0 Å². The highest BCUT2D eigenvalue weighted by Gasteiger charge is 2.15. The SMILES string of the molecule is CN(C)C=CC=CC(=O)c1cccc(C(=O)C=CC=CN(C)C)c1O. The van der Waals surface area contributed by atoms with Gasteiger partial charge in [-0.2, -0.15) is 0 Å². The normalized spacial score (nSPS) is 11.8. The van der Waals surface area contributed by atoms with Crippen LogP contribution in [0.25, 0.3) is 0 Å². The van der Waals surface area contributed by atoms with Crippen LogP contribution < -0.4 is 0 Å². The molecule has 0 unspecified atom stereocenters. The summed E-state index contributed by atoms with van der Waals surface area (Å²) in [6.45, 7) is 0. The lowest BCUT2D eigenvalue weighted by Gasteiger charge is -2.05. The molecule has 0 aliphatic carbocycles. The predicted molar refractivity (Wildman–Crippen MR) is 101 cm³/mol. The van der Waals surface area contributed by atoms with Crippen LogP contribution in [0.2, 0.25) is 0 Å². The zero-order chi connectivity index (χ0) is 18.8. The van der Waals surface area contributed by atoms with Gasteiger partial charge >= 0.3 is 0 Å². The van der Waals surface area contributed by atoms with Gasteiger partial charge in [-0.25, -0.2) is 0 Å². The van der Waals surface area contributed by atoms with E-state index in [1.54, 1.807) is 42.8 Å². The molecule has 0 aliphatic heterocycles. The van der Waals surface area contributed by atoms with Gasteiger partial charge in [-0.1, -0.05) is 18.2 Å². The van der Waals surface area contributed by atoms with Crippen LogP contribution in [-0.4, -0.2) is 54.7 Å². The van der Waals surface area contributed by atoms with Gasteiger partial charge in [0.1, 0.15) is 5.75 Å². The summed E-state index contributed by atoms with van der Waals surface area (Å²) in [6.07, 6.45) is 12.9. The van der Waals surface area contributed by atoms with Crippen molar-refractivity contribution in [3.8, 4) is 5.75 Å². The quantitative estimate of drug-likeness (QED) is 0.448. The van der Waals surface area contributed by atoms with Crippen molar-refractivity contribution in [2.45, 2.75) is 0 Å². The minimum Gasteiger partial charge on any atom is -0.506 e. The van der Waals surface area contributed by atoms with Gasteiger partial charge in [-0.05, 0) is 48.8 Å². The lowest BCUT2D eigenvalue weighted by Crippen LogP contribution is -2.02. The van der Waals surface area contributed by atoms with Crippen molar-refractivity contribution < 1.29 is 14.7 Å². The summed E-state index contributed by atoms with van der Waals surface area (Å²) in [5, 5.41) is 10.3. The summed E-state index contributed by atoms with van der Waals surface area (Å²) >= 11 is 0. The summed E-state index contributed by atoms with van der Waals surface area (Å²) in [7, 11) is 7.48. The highest BCUT2D eigenvalue weighted by molar-refractivity contribution is 6.12. The summed E-state index contributed by atoms with van der Waals surface area (Å²) in [6, 6.07) is 4.56. The molecule has 0 fully saturated rings. The topological polar surface area (TPSA) is 60.9 Å². The largest absolute Gasteiger partial charge is 0.506 e. The van der Waals surface area contributed by atoms with Crippen LogP contribution in [0.15, 0.2) is 67.1 Å². The number of carbonyl (C=O) groups excluding carboxylic acids is 2. The highest BCUT2D eigenvalue weighted by Crippen LogP contribution is 2.24. The third-order valence-electron chi connectivity index (χ3n) is 3.05. The first-order chi connectivity index (χ1) is 11.8. The second-order valence-corrected chi connectivity index (χ2v) is 5.76. The fourth-order valence-electron chi connectivity index (χ4n) is 1.85. The molecule has 0 aliphatic rings. The number of rotatable bonds is 8. The Labute approximate surface area is 148 Å². The average Bonchev–Trinajstić information content (AvgIpc) is 2.55. The van der Waals surface area contributed by atoms with E-state index < -0.39 is 0 Å². The molecule has 0 atom stereocenters. The van der Waals surface area contributed by atoms with Crippen LogP contribution in [0.4, 0.5) is 0 Å². The lowest BCUT2D eigenvalue weighted by atomic mass is 10.0. The second kappa shape index (κ2) is 9.93. The van der Waals surface area contributed by atoms with E-state index in [2.05, 4.69) is 0 Å². The molecule has 25 heavy (non-hydrogen) atoms. The number of phenols is 1. The Morgan fingerprint density at radius 2 is 1.20 bits per heavy atom. The molecule has 5 nitrogen and oxygen atoms in total. The third-order valence-corrected chi connectivity index (χ3v) is 3.05. The molecule has 0 radical (unpaired) electrons. The number of phenolic OH excluding ortho intramolecular Hbond substituents is 1. The number of aromatic hydroxyl groups is 1. The number of nitrogens with zero attached hydrogens (tertiary/aromatic N) is 2. The Morgan fingerprint density at radius 1 is 0.800 bits per heavy atom. The lowest BCUT2D eigenvalue weighted by molar-refractivity contribution is 0.104. The Bertz CT molecular complexity index is 668. The number of allylic oxidation sites excluding steroid dienone is 6. The average molecular weight is 340 g/mol. The minimum atomic E-state index is -0.368. The van der Waals surface area contributed by atoms with Gasteiger partial charge in [0.05, 0.1) is 11.1 Å². The zero-order valence-electron chi connectivity index (χ0n) is 15.0. The van der Waals surface area contributed by atoms with E-state index in [0.717, 1.165) is 0 Å². The van der Waals surface area contributed by atoms with Gasteiger partial charge in [-0.3, -0.25) is 9.59 Å². The van der Waals surface area contributed by atoms with Crippen molar-refractivity contribution >= 4 is 11.6 Å². The summed E-state index contributed by atoms with van der Waals surface area (Å²) in [5.41, 5.74) is 0.190. The molecule has 0 spiro atoms. The van der Waals surface area contributed by atoms with E-state index in [-0.39, 0.29) is 28.4 Å². The van der Waals surface area contributed by atoms with Crippen LogP contribution in [0, 0.1) is 0 Å². The fourth-order valence-corrected chi connectivity index (χ4v) is 1.85. The van der Waals surface area contributed by atoms with Gasteiger partial charge in [0, 0.05) is 28.2 Å². The van der Waals surface area contributed by atoms with Gasteiger partial charge in [-0.15, -0.1) is 0 Å². The first kappa shape index (κ1) is 20.0. The molecular weight excluding hydrogens is 316 g/mol. The van der Waals surface area contributed by atoms with Crippen LogP contribution >= 0.6 is 0 Å². The van der Waals surface area contributed by atoms with E-state index in [1.807, 2.05) is 38.0 Å². The molecule has 0 amide bonds. The molecule has 1 aromatic rings. The van der Waals surface area contributed by atoms with Crippen LogP contribution in [-0.2, 0) is 0 Å². The Kier molecular flexibility index (Phi) is 7.93. The first-order valence-corrected chi connectivity index (χ1v) is 7.76. The van der Waals surface area contributed by atoms with Crippen molar-refractivity contribution in [1.82, 2.24) is 9.80 Å². The van der Waals surface area contributed by atoms with Crippen molar-refractivity contribution in [1.29, 1.82) is 0 Å². The first-order valence-electron chi connectivity index (χ1n) is 7.76. The summed E-state index contributed by atoms with van der Waals surface area (Å²) < 4.78 is 0. The van der Waals surface area contributed by atoms with Crippen LogP contribution in [0.1, 0.15) is 20.7 Å². The maximum Gasteiger partial charge on any atom is 0.189 e. The molecule has 1 aromatic carbocycles. The zero-order valence-corrected chi connectivity index (χ0v) is 15.0. The number of hydrogen-bond acceptors (Lipinski definition) is 5. The van der Waals surface area contributed by atoms with Crippen LogP contribution in [0.3, 0.4) is 0 Å². The van der Waals surface area contributed by atoms with Crippen LogP contribution in [0.5, 0.6) is 5.75 Å². The van der Waals surface area contributed by atoms with Gasteiger partial charge in [0.25, 0.3) is 0 Å². The fraction of sp³-hybridized carbons (Fsp3) is 0.200. The standard InChI is InChI=1S/C20H24N2O3/c1-21(2)14-7-5-12-18(23)16-10-9-11-17(20(16)25)19(24)13-6-8-15-22(3)4/h5-15,25H,1-4H3. The van der Waals surface area contributed by atoms with E-state index >= 15 is 0 Å². The molecule has 132 valence electrons. The number of carbonyl (C=O) groups is 2. The molecule has 1 rings (SSSR count). The minimum absolute atomic E-state index is 0.0950. The van der Waals surface area contributed by atoms with Gasteiger partial charge in [0.2, 0.25) is 0 Å². The summed E-state index contributed by atoms with van der Waals surface area (Å²) in [5.74, 6) is -1.04. The number of ketones is 2. The third kappa shape index (κ3) is 6.91. The van der Waals surface area contributed by atoms with E-state index in [4.69, 9.17) is 0 Å². The number of hydrogen-bond donors (Lipinski definition) is 1. The Hall–Kier alpha value is -3.08. The number of benzene rings is 1.